The minimum atomic E-state index is -0.519. The van der Waals surface area contributed by atoms with Gasteiger partial charge in [0.2, 0.25) is 0 Å². The summed E-state index contributed by atoms with van der Waals surface area (Å²) in [5.74, 6) is 0.984. The van der Waals surface area contributed by atoms with Gasteiger partial charge in [-0.25, -0.2) is 0 Å². The van der Waals surface area contributed by atoms with Crippen LogP contribution in [0, 0.1) is 10.1 Å². The lowest BCUT2D eigenvalue weighted by molar-refractivity contribution is -0.384. The summed E-state index contributed by atoms with van der Waals surface area (Å²) in [5.41, 5.74) is 0.491. The van der Waals surface area contributed by atoms with Gasteiger partial charge in [-0.05, 0) is 38.1 Å². The molecule has 7 heteroatoms. The predicted octanol–water partition coefficient (Wildman–Crippen LogP) is 3.64. The van der Waals surface area contributed by atoms with Crippen LogP contribution in [0.3, 0.4) is 0 Å². The number of hydrogen-bond acceptors (Lipinski definition) is 5. The molecular weight excluding hydrogens is 336 g/mol. The summed E-state index contributed by atoms with van der Waals surface area (Å²) in [6.07, 6.45) is 0.563. The van der Waals surface area contributed by atoms with E-state index in [-0.39, 0.29) is 23.2 Å². The minimum Gasteiger partial charge on any atom is -0.497 e. The maximum absolute atomic E-state index is 12.7. The van der Waals surface area contributed by atoms with Crippen LogP contribution in [-0.4, -0.2) is 23.5 Å². The number of hydrogen-bond donors (Lipinski definition) is 1. The van der Waals surface area contributed by atoms with Crippen LogP contribution in [0.15, 0.2) is 42.5 Å². The average molecular weight is 356 g/mol. The first-order valence-corrected chi connectivity index (χ1v) is 8.21. The van der Waals surface area contributed by atoms with Crippen molar-refractivity contribution < 1.29 is 19.2 Å². The molecule has 3 rings (SSSR count). The molecule has 1 N–H and O–H groups in total. The maximum atomic E-state index is 12.7. The number of ether oxygens (including phenoxy) is 2. The summed E-state index contributed by atoms with van der Waals surface area (Å²) in [4.78, 5) is 23.1. The molecule has 0 radical (unpaired) electrons. The Hall–Kier alpha value is -3.09. The van der Waals surface area contributed by atoms with Crippen LogP contribution < -0.4 is 14.8 Å². The van der Waals surface area contributed by atoms with Gasteiger partial charge in [-0.1, -0.05) is 6.07 Å². The maximum Gasteiger partial charge on any atom is 0.270 e. The Morgan fingerprint density at radius 1 is 1.31 bits per heavy atom. The van der Waals surface area contributed by atoms with Gasteiger partial charge < -0.3 is 14.8 Å². The van der Waals surface area contributed by atoms with Gasteiger partial charge in [-0.15, -0.1) is 0 Å². The molecule has 0 spiro atoms. The van der Waals surface area contributed by atoms with Gasteiger partial charge >= 0.3 is 0 Å². The third-order valence-corrected chi connectivity index (χ3v) is 4.30. The Morgan fingerprint density at radius 2 is 2.08 bits per heavy atom. The van der Waals surface area contributed by atoms with Crippen molar-refractivity contribution in [2.75, 3.05) is 7.11 Å². The molecule has 0 aliphatic carbocycles. The van der Waals surface area contributed by atoms with Crippen molar-refractivity contribution in [1.29, 1.82) is 0 Å². The zero-order chi connectivity index (χ0) is 18.9. The molecule has 1 atom stereocenters. The summed E-state index contributed by atoms with van der Waals surface area (Å²) in [6.45, 7) is 3.90. The van der Waals surface area contributed by atoms with E-state index in [1.165, 1.54) is 18.2 Å². The van der Waals surface area contributed by atoms with Crippen molar-refractivity contribution in [3.05, 3.63) is 63.7 Å². The first-order chi connectivity index (χ1) is 12.3. The monoisotopic (exact) mass is 356 g/mol. The number of non-ortho nitro benzene ring substituents is 1. The third-order valence-electron chi connectivity index (χ3n) is 4.30. The molecule has 0 aromatic heterocycles. The fraction of sp³-hybridized carbons (Fsp3) is 0.316. The van der Waals surface area contributed by atoms with Gasteiger partial charge in [-0.2, -0.15) is 0 Å². The first kappa shape index (κ1) is 17.7. The number of nitrogens with one attached hydrogen (secondary N) is 1. The van der Waals surface area contributed by atoms with Gasteiger partial charge in [0.1, 0.15) is 17.1 Å². The Morgan fingerprint density at radius 3 is 2.77 bits per heavy atom. The molecule has 1 aliphatic heterocycles. The van der Waals surface area contributed by atoms with Crippen LogP contribution in [0.25, 0.3) is 0 Å². The quantitative estimate of drug-likeness (QED) is 0.667. The lowest BCUT2D eigenvalue weighted by Gasteiger charge is -2.38. The number of fused-ring (bicyclic) bond motifs is 1. The highest BCUT2D eigenvalue weighted by Gasteiger charge is 2.35. The van der Waals surface area contributed by atoms with Crippen LogP contribution in [0.1, 0.15) is 42.2 Å². The van der Waals surface area contributed by atoms with E-state index in [2.05, 4.69) is 5.32 Å². The number of benzene rings is 2. The summed E-state index contributed by atoms with van der Waals surface area (Å²) >= 11 is 0. The first-order valence-electron chi connectivity index (χ1n) is 8.21. The number of nitro groups is 1. The number of amides is 1. The molecule has 2 aromatic carbocycles. The van der Waals surface area contributed by atoms with Crippen molar-refractivity contribution in [1.82, 2.24) is 5.32 Å². The second kappa shape index (κ2) is 6.67. The SMILES string of the molecule is COc1ccc2c(c1)[C@H](NC(=O)c1cccc([N+](=O)[O-])c1)CC(C)(C)O2. The molecule has 2 aromatic rings. The van der Waals surface area contributed by atoms with Gasteiger partial charge in [0.15, 0.2) is 0 Å². The Balaban J connectivity index is 1.90. The van der Waals surface area contributed by atoms with Crippen LogP contribution in [0.4, 0.5) is 5.69 Å². The van der Waals surface area contributed by atoms with E-state index in [1.807, 2.05) is 26.0 Å². The minimum absolute atomic E-state index is 0.118. The number of carbonyl (C=O) groups is 1. The Kier molecular flexibility index (Phi) is 4.54. The van der Waals surface area contributed by atoms with Crippen molar-refractivity contribution in [2.24, 2.45) is 0 Å². The number of carbonyl (C=O) groups excluding carboxylic acids is 1. The molecule has 7 nitrogen and oxygen atoms in total. The smallest absolute Gasteiger partial charge is 0.270 e. The van der Waals surface area contributed by atoms with Gasteiger partial charge in [0.05, 0.1) is 18.1 Å². The topological polar surface area (TPSA) is 90.7 Å². The Labute approximate surface area is 151 Å². The van der Waals surface area contributed by atoms with E-state index in [4.69, 9.17) is 9.47 Å². The average Bonchev–Trinajstić information content (AvgIpc) is 2.60. The van der Waals surface area contributed by atoms with E-state index in [9.17, 15) is 14.9 Å². The highest BCUT2D eigenvalue weighted by Crippen LogP contribution is 2.41. The number of nitro benzene ring substituents is 1. The molecule has 1 aliphatic rings. The molecule has 26 heavy (non-hydrogen) atoms. The summed E-state index contributed by atoms with van der Waals surface area (Å²) in [5, 5.41) is 13.9. The molecule has 1 heterocycles. The predicted molar refractivity (Wildman–Crippen MR) is 95.6 cm³/mol. The van der Waals surface area contributed by atoms with Crippen LogP contribution in [-0.2, 0) is 0 Å². The van der Waals surface area contributed by atoms with E-state index >= 15 is 0 Å². The normalized spacial score (nSPS) is 17.6. The van der Waals surface area contributed by atoms with Crippen LogP contribution in [0.2, 0.25) is 0 Å². The lowest BCUT2D eigenvalue weighted by atomic mass is 9.89. The molecule has 0 saturated carbocycles. The van der Waals surface area contributed by atoms with E-state index in [0.29, 0.717) is 17.9 Å². The number of rotatable bonds is 4. The van der Waals surface area contributed by atoms with Crippen molar-refractivity contribution in [3.63, 3.8) is 0 Å². The Bertz CT molecular complexity index is 863. The summed E-state index contributed by atoms with van der Waals surface area (Å²) in [6, 6.07) is 10.8. The van der Waals surface area contributed by atoms with Crippen molar-refractivity contribution in [2.45, 2.75) is 31.9 Å². The largest absolute Gasteiger partial charge is 0.497 e. The number of methoxy groups -OCH3 is 1. The lowest BCUT2D eigenvalue weighted by Crippen LogP contribution is -2.41. The van der Waals surface area contributed by atoms with E-state index < -0.39 is 10.5 Å². The summed E-state index contributed by atoms with van der Waals surface area (Å²) < 4.78 is 11.3. The molecule has 0 bridgehead atoms. The fourth-order valence-electron chi connectivity index (χ4n) is 3.09. The molecule has 136 valence electrons. The zero-order valence-corrected chi connectivity index (χ0v) is 14.8. The van der Waals surface area contributed by atoms with Gasteiger partial charge in [0.25, 0.3) is 11.6 Å². The highest BCUT2D eigenvalue weighted by atomic mass is 16.6. The van der Waals surface area contributed by atoms with Crippen molar-refractivity contribution >= 4 is 11.6 Å². The summed E-state index contributed by atoms with van der Waals surface area (Å²) in [7, 11) is 1.58. The van der Waals surface area contributed by atoms with Crippen LogP contribution in [0.5, 0.6) is 11.5 Å². The highest BCUT2D eigenvalue weighted by molar-refractivity contribution is 5.95. The number of nitrogens with zero attached hydrogens (tertiary/aromatic N) is 1. The van der Waals surface area contributed by atoms with E-state index in [1.54, 1.807) is 19.2 Å². The van der Waals surface area contributed by atoms with E-state index in [0.717, 1.165) is 5.56 Å². The molecule has 0 unspecified atom stereocenters. The molecule has 0 fully saturated rings. The van der Waals surface area contributed by atoms with Gasteiger partial charge in [-0.3, -0.25) is 14.9 Å². The standard InChI is InChI=1S/C19H20N2O5/c1-19(2)11-16(15-10-14(25-3)7-8-17(15)26-19)20-18(22)12-5-4-6-13(9-12)21(23)24/h4-10,16H,11H2,1-3H3,(H,20,22)/t16-/m1/s1. The van der Waals surface area contributed by atoms with Crippen molar-refractivity contribution in [3.8, 4) is 11.5 Å². The second-order valence-electron chi connectivity index (χ2n) is 6.80. The molecular formula is C19H20N2O5. The second-order valence-corrected chi connectivity index (χ2v) is 6.80. The van der Waals surface area contributed by atoms with Gasteiger partial charge in [0, 0.05) is 29.7 Å². The zero-order valence-electron chi connectivity index (χ0n) is 14.8. The third kappa shape index (κ3) is 3.61. The van der Waals surface area contributed by atoms with Crippen LogP contribution >= 0.6 is 0 Å². The molecule has 0 saturated heterocycles. The fourth-order valence-corrected chi connectivity index (χ4v) is 3.09. The molecule has 1 amide bonds.